The van der Waals surface area contributed by atoms with Crippen LogP contribution in [0, 0.1) is 5.82 Å². The number of methoxy groups -OCH3 is 1. The Bertz CT molecular complexity index is 708. The summed E-state index contributed by atoms with van der Waals surface area (Å²) < 4.78 is 42.3. The van der Waals surface area contributed by atoms with Gasteiger partial charge in [-0.05, 0) is 23.3 Å². The van der Waals surface area contributed by atoms with E-state index in [9.17, 15) is 17.9 Å². The standard InChI is InChI=1S/C16H16FNO4S/c1-22-16(19)14-8-7-13(9-15(14)17)11-18(23(20)21)10-12-5-3-2-4-6-12/h2-9H,10-11H2,1H3,(H,20,21)/p-1. The number of benzene rings is 2. The number of halogens is 1. The van der Waals surface area contributed by atoms with Gasteiger partial charge in [-0.2, -0.15) is 0 Å². The highest BCUT2D eigenvalue weighted by molar-refractivity contribution is 7.76. The van der Waals surface area contributed by atoms with Crippen molar-refractivity contribution in [3.8, 4) is 0 Å². The third kappa shape index (κ3) is 4.69. The topological polar surface area (TPSA) is 69.7 Å². The number of hydrogen-bond donors (Lipinski definition) is 0. The minimum absolute atomic E-state index is 0.00335. The molecule has 0 N–H and O–H groups in total. The molecule has 0 heterocycles. The monoisotopic (exact) mass is 336 g/mol. The molecule has 122 valence electrons. The number of ether oxygens (including phenoxy) is 1. The van der Waals surface area contributed by atoms with Crippen molar-refractivity contribution in [2.45, 2.75) is 13.1 Å². The van der Waals surface area contributed by atoms with Crippen molar-refractivity contribution in [1.82, 2.24) is 4.31 Å². The first-order valence-corrected chi connectivity index (χ1v) is 7.79. The van der Waals surface area contributed by atoms with E-state index in [2.05, 4.69) is 4.74 Å². The normalized spacial score (nSPS) is 12.2. The van der Waals surface area contributed by atoms with Crippen LogP contribution in [0.4, 0.5) is 4.39 Å². The first kappa shape index (κ1) is 17.3. The van der Waals surface area contributed by atoms with Gasteiger partial charge in [0.1, 0.15) is 5.82 Å². The summed E-state index contributed by atoms with van der Waals surface area (Å²) >= 11 is -2.46. The highest BCUT2D eigenvalue weighted by Gasteiger charge is 2.14. The largest absolute Gasteiger partial charge is 0.760 e. The Morgan fingerprint density at radius 1 is 1.17 bits per heavy atom. The number of carbonyl (C=O) groups is 1. The molecule has 23 heavy (non-hydrogen) atoms. The van der Waals surface area contributed by atoms with Gasteiger partial charge >= 0.3 is 5.97 Å². The van der Waals surface area contributed by atoms with Gasteiger partial charge in [-0.15, -0.1) is 0 Å². The van der Waals surface area contributed by atoms with Crippen LogP contribution < -0.4 is 0 Å². The Morgan fingerprint density at radius 3 is 2.39 bits per heavy atom. The lowest BCUT2D eigenvalue weighted by molar-refractivity contribution is 0.0595. The molecule has 5 nitrogen and oxygen atoms in total. The van der Waals surface area contributed by atoms with E-state index in [1.807, 2.05) is 18.2 Å². The molecule has 0 aliphatic carbocycles. The van der Waals surface area contributed by atoms with E-state index in [1.54, 1.807) is 12.1 Å². The van der Waals surface area contributed by atoms with Crippen LogP contribution in [0.1, 0.15) is 21.5 Å². The molecule has 7 heteroatoms. The predicted molar refractivity (Wildman–Crippen MR) is 82.3 cm³/mol. The quantitative estimate of drug-likeness (QED) is 0.600. The molecular formula is C16H15FNO4S-. The first-order valence-electron chi connectivity index (χ1n) is 6.76. The zero-order chi connectivity index (χ0) is 16.8. The minimum Gasteiger partial charge on any atom is -0.760 e. The van der Waals surface area contributed by atoms with Crippen molar-refractivity contribution in [3.05, 3.63) is 71.0 Å². The van der Waals surface area contributed by atoms with Gasteiger partial charge in [0.05, 0.1) is 12.7 Å². The van der Waals surface area contributed by atoms with E-state index < -0.39 is 23.1 Å². The molecule has 2 aromatic rings. The SMILES string of the molecule is COC(=O)c1ccc(CN(Cc2ccccc2)S(=O)[O-])cc1F. The highest BCUT2D eigenvalue weighted by Crippen LogP contribution is 2.16. The molecule has 0 aromatic heterocycles. The molecule has 2 rings (SSSR count). The van der Waals surface area contributed by atoms with E-state index in [1.165, 1.54) is 16.4 Å². The smallest absolute Gasteiger partial charge is 0.340 e. The summed E-state index contributed by atoms with van der Waals surface area (Å²) in [5.41, 5.74) is 1.08. The van der Waals surface area contributed by atoms with E-state index in [0.29, 0.717) is 5.56 Å². The molecule has 0 spiro atoms. The fourth-order valence-corrected chi connectivity index (χ4v) is 2.59. The van der Waals surface area contributed by atoms with E-state index in [4.69, 9.17) is 0 Å². The van der Waals surface area contributed by atoms with Crippen LogP contribution in [0.25, 0.3) is 0 Å². The van der Waals surface area contributed by atoms with E-state index in [-0.39, 0.29) is 18.7 Å². The van der Waals surface area contributed by atoms with Gasteiger partial charge in [-0.1, -0.05) is 36.4 Å². The van der Waals surface area contributed by atoms with Crippen molar-refractivity contribution < 1.29 is 22.7 Å². The molecule has 1 atom stereocenters. The molecule has 0 saturated carbocycles. The first-order chi connectivity index (χ1) is 11.0. The Labute approximate surface area is 136 Å². The van der Waals surface area contributed by atoms with Crippen LogP contribution in [0.5, 0.6) is 0 Å². The average Bonchev–Trinajstić information content (AvgIpc) is 2.54. The Morgan fingerprint density at radius 2 is 1.83 bits per heavy atom. The number of rotatable bonds is 6. The maximum atomic E-state index is 13.9. The van der Waals surface area contributed by atoms with Crippen LogP contribution in [-0.2, 0) is 29.1 Å². The van der Waals surface area contributed by atoms with E-state index in [0.717, 1.165) is 18.7 Å². The van der Waals surface area contributed by atoms with Crippen LogP contribution >= 0.6 is 0 Å². The number of nitrogens with zero attached hydrogens (tertiary/aromatic N) is 1. The maximum absolute atomic E-state index is 13.9. The third-order valence-electron chi connectivity index (χ3n) is 3.21. The third-order valence-corrected chi connectivity index (χ3v) is 3.89. The molecule has 2 aromatic carbocycles. The highest BCUT2D eigenvalue weighted by atomic mass is 32.2. The van der Waals surface area contributed by atoms with Gasteiger partial charge in [-0.25, -0.2) is 13.5 Å². The lowest BCUT2D eigenvalue weighted by Crippen LogP contribution is -2.25. The van der Waals surface area contributed by atoms with Gasteiger partial charge < -0.3 is 9.29 Å². The van der Waals surface area contributed by atoms with Gasteiger partial charge in [0.2, 0.25) is 0 Å². The maximum Gasteiger partial charge on any atom is 0.340 e. The summed E-state index contributed by atoms with van der Waals surface area (Å²) in [4.78, 5) is 11.3. The zero-order valence-corrected chi connectivity index (χ0v) is 13.2. The lowest BCUT2D eigenvalue weighted by Gasteiger charge is -2.24. The van der Waals surface area contributed by atoms with Crippen molar-refractivity contribution in [2.75, 3.05) is 7.11 Å². The molecule has 0 fully saturated rings. The van der Waals surface area contributed by atoms with Crippen molar-refractivity contribution >= 4 is 17.2 Å². The fraction of sp³-hybridized carbons (Fsp3) is 0.188. The second-order valence-electron chi connectivity index (χ2n) is 4.81. The summed E-state index contributed by atoms with van der Waals surface area (Å²) in [6.07, 6.45) is 0. The summed E-state index contributed by atoms with van der Waals surface area (Å²) in [6.45, 7) is 0.181. The van der Waals surface area contributed by atoms with E-state index >= 15 is 0 Å². The van der Waals surface area contributed by atoms with Crippen LogP contribution in [0.15, 0.2) is 48.5 Å². The summed E-state index contributed by atoms with van der Waals surface area (Å²) in [7, 11) is 1.16. The number of hydrogen-bond acceptors (Lipinski definition) is 4. The summed E-state index contributed by atoms with van der Waals surface area (Å²) in [5, 5.41) is 0. The Kier molecular flexibility index (Phi) is 5.97. The van der Waals surface area contributed by atoms with Gasteiger partial charge in [0, 0.05) is 24.4 Å². The predicted octanol–water partition coefficient (Wildman–Crippen LogP) is 2.41. The van der Waals surface area contributed by atoms with Crippen LogP contribution in [0.3, 0.4) is 0 Å². The lowest BCUT2D eigenvalue weighted by atomic mass is 10.1. The zero-order valence-electron chi connectivity index (χ0n) is 12.4. The number of esters is 1. The van der Waals surface area contributed by atoms with Crippen LogP contribution in [-0.4, -0.2) is 26.1 Å². The molecule has 0 saturated heterocycles. The molecule has 0 bridgehead atoms. The summed E-state index contributed by atoms with van der Waals surface area (Å²) in [6, 6.07) is 13.0. The van der Waals surface area contributed by atoms with Crippen molar-refractivity contribution in [2.24, 2.45) is 0 Å². The van der Waals surface area contributed by atoms with Crippen LogP contribution in [0.2, 0.25) is 0 Å². The van der Waals surface area contributed by atoms with Gasteiger partial charge in [0.15, 0.2) is 0 Å². The Balaban J connectivity index is 2.16. The molecule has 0 radical (unpaired) electrons. The fourth-order valence-electron chi connectivity index (χ4n) is 2.08. The van der Waals surface area contributed by atoms with Crippen molar-refractivity contribution in [1.29, 1.82) is 0 Å². The second-order valence-corrected chi connectivity index (χ2v) is 5.76. The second kappa shape index (κ2) is 7.96. The molecular weight excluding hydrogens is 321 g/mol. The molecule has 1 unspecified atom stereocenters. The summed E-state index contributed by atoms with van der Waals surface area (Å²) in [5.74, 6) is -1.52. The minimum atomic E-state index is -2.46. The van der Waals surface area contributed by atoms with Crippen molar-refractivity contribution in [3.63, 3.8) is 0 Å². The van der Waals surface area contributed by atoms with Gasteiger partial charge in [-0.3, -0.25) is 4.21 Å². The molecule has 0 amide bonds. The molecule has 0 aliphatic rings. The van der Waals surface area contributed by atoms with Gasteiger partial charge in [0.25, 0.3) is 0 Å². The number of carbonyl (C=O) groups excluding carboxylic acids is 1. The molecule has 0 aliphatic heterocycles. The Hall–Kier alpha value is -2.09. The average molecular weight is 336 g/mol.